The van der Waals surface area contributed by atoms with E-state index in [0.717, 1.165) is 12.8 Å². The third kappa shape index (κ3) is 2.41. The monoisotopic (exact) mass is 252 g/mol. The normalized spacial score (nSPS) is 19.0. The highest BCUT2D eigenvalue weighted by atomic mass is 16.5. The van der Waals surface area contributed by atoms with Gasteiger partial charge in [-0.05, 0) is 39.5 Å². The number of hydrogen-bond donors (Lipinski definition) is 1. The molecule has 2 heterocycles. The van der Waals surface area contributed by atoms with Gasteiger partial charge in [0, 0.05) is 13.1 Å². The van der Waals surface area contributed by atoms with E-state index >= 15 is 0 Å². The topological polar surface area (TPSA) is 66.6 Å². The minimum absolute atomic E-state index is 0.00436. The third-order valence-electron chi connectivity index (χ3n) is 3.76. The minimum Gasteiger partial charge on any atom is -0.393 e. The van der Waals surface area contributed by atoms with E-state index in [9.17, 15) is 9.90 Å². The van der Waals surface area contributed by atoms with Crippen LogP contribution in [0, 0.1) is 19.8 Å². The molecule has 1 aliphatic rings. The average Bonchev–Trinajstić information content (AvgIpc) is 2.68. The van der Waals surface area contributed by atoms with Crippen molar-refractivity contribution in [2.45, 2.75) is 39.7 Å². The molecule has 1 fully saturated rings. The van der Waals surface area contributed by atoms with Gasteiger partial charge in [-0.25, -0.2) is 0 Å². The van der Waals surface area contributed by atoms with Crippen LogP contribution in [0.4, 0.5) is 0 Å². The summed E-state index contributed by atoms with van der Waals surface area (Å²) in [6, 6.07) is 0. The first kappa shape index (κ1) is 13.1. The standard InChI is InChI=1S/C13H20N2O3/c1-8-12(10(3)18-14-8)13(17)15-6-4-11(5-7-15)9(2)16/h9,11,16H,4-7H2,1-3H3. The van der Waals surface area contributed by atoms with Gasteiger partial charge in [-0.2, -0.15) is 0 Å². The number of nitrogens with zero attached hydrogens (tertiary/aromatic N) is 2. The van der Waals surface area contributed by atoms with Gasteiger partial charge in [0.25, 0.3) is 5.91 Å². The summed E-state index contributed by atoms with van der Waals surface area (Å²) in [6.45, 7) is 6.75. The SMILES string of the molecule is Cc1noc(C)c1C(=O)N1CCC(C(C)O)CC1. The van der Waals surface area contributed by atoms with Crippen molar-refractivity contribution in [2.24, 2.45) is 5.92 Å². The van der Waals surface area contributed by atoms with Crippen LogP contribution >= 0.6 is 0 Å². The van der Waals surface area contributed by atoms with E-state index in [4.69, 9.17) is 4.52 Å². The first-order chi connectivity index (χ1) is 8.50. The number of carbonyl (C=O) groups excluding carboxylic acids is 1. The second-order valence-corrected chi connectivity index (χ2v) is 5.07. The van der Waals surface area contributed by atoms with Gasteiger partial charge in [-0.15, -0.1) is 0 Å². The van der Waals surface area contributed by atoms with Crippen LogP contribution < -0.4 is 0 Å². The number of carbonyl (C=O) groups is 1. The number of aliphatic hydroxyl groups is 1. The lowest BCUT2D eigenvalue weighted by Crippen LogP contribution is -2.41. The molecule has 0 saturated carbocycles. The summed E-state index contributed by atoms with van der Waals surface area (Å²) in [5.74, 6) is 0.879. The number of amides is 1. The van der Waals surface area contributed by atoms with Gasteiger partial charge in [-0.3, -0.25) is 4.79 Å². The Morgan fingerprint density at radius 1 is 1.44 bits per heavy atom. The molecule has 1 saturated heterocycles. The second kappa shape index (κ2) is 5.10. The summed E-state index contributed by atoms with van der Waals surface area (Å²) < 4.78 is 5.03. The molecule has 1 unspecified atom stereocenters. The molecule has 0 bridgehead atoms. The van der Waals surface area contributed by atoms with E-state index in [1.165, 1.54) is 0 Å². The van der Waals surface area contributed by atoms with Crippen molar-refractivity contribution in [3.8, 4) is 0 Å². The molecule has 2 rings (SSSR count). The van der Waals surface area contributed by atoms with E-state index in [1.807, 2.05) is 11.8 Å². The number of aliphatic hydroxyl groups excluding tert-OH is 1. The fourth-order valence-electron chi connectivity index (χ4n) is 2.53. The zero-order valence-electron chi connectivity index (χ0n) is 11.1. The van der Waals surface area contributed by atoms with E-state index in [-0.39, 0.29) is 12.0 Å². The maximum absolute atomic E-state index is 12.3. The maximum atomic E-state index is 12.3. The van der Waals surface area contributed by atoms with Crippen molar-refractivity contribution >= 4 is 5.91 Å². The lowest BCUT2D eigenvalue weighted by atomic mass is 9.92. The van der Waals surface area contributed by atoms with Gasteiger partial charge in [0.1, 0.15) is 11.3 Å². The van der Waals surface area contributed by atoms with Crippen LogP contribution in [-0.4, -0.2) is 40.3 Å². The Kier molecular flexibility index (Phi) is 3.71. The smallest absolute Gasteiger partial charge is 0.259 e. The van der Waals surface area contributed by atoms with Crippen molar-refractivity contribution < 1.29 is 14.4 Å². The number of hydrogen-bond acceptors (Lipinski definition) is 4. The molecule has 18 heavy (non-hydrogen) atoms. The summed E-state index contributed by atoms with van der Waals surface area (Å²) in [5, 5.41) is 13.4. The van der Waals surface area contributed by atoms with Gasteiger partial charge in [0.15, 0.2) is 0 Å². The van der Waals surface area contributed by atoms with Crippen molar-refractivity contribution in [3.05, 3.63) is 17.0 Å². The molecule has 0 spiro atoms. The zero-order chi connectivity index (χ0) is 13.3. The Morgan fingerprint density at radius 3 is 2.50 bits per heavy atom. The molecule has 5 heteroatoms. The quantitative estimate of drug-likeness (QED) is 0.866. The van der Waals surface area contributed by atoms with E-state index < -0.39 is 0 Å². The lowest BCUT2D eigenvalue weighted by Gasteiger charge is -2.33. The molecule has 1 atom stereocenters. The van der Waals surface area contributed by atoms with Crippen molar-refractivity contribution in [1.29, 1.82) is 0 Å². The van der Waals surface area contributed by atoms with Crippen LogP contribution in [0.5, 0.6) is 0 Å². The van der Waals surface area contributed by atoms with Gasteiger partial charge in [-0.1, -0.05) is 5.16 Å². The van der Waals surface area contributed by atoms with Gasteiger partial charge < -0.3 is 14.5 Å². The van der Waals surface area contributed by atoms with Crippen LogP contribution in [0.3, 0.4) is 0 Å². The summed E-state index contributed by atoms with van der Waals surface area (Å²) in [5.41, 5.74) is 1.24. The first-order valence-corrected chi connectivity index (χ1v) is 6.41. The molecule has 100 valence electrons. The maximum Gasteiger partial charge on any atom is 0.259 e. The van der Waals surface area contributed by atoms with Crippen LogP contribution in [0.25, 0.3) is 0 Å². The summed E-state index contributed by atoms with van der Waals surface area (Å²) in [4.78, 5) is 14.2. The molecule has 0 aromatic carbocycles. The van der Waals surface area contributed by atoms with E-state index in [1.54, 1.807) is 13.8 Å². The molecule has 1 aromatic rings. The van der Waals surface area contributed by atoms with Gasteiger partial charge in [0.05, 0.1) is 11.8 Å². The van der Waals surface area contributed by atoms with Crippen molar-refractivity contribution in [1.82, 2.24) is 10.1 Å². The fourth-order valence-corrected chi connectivity index (χ4v) is 2.53. The summed E-state index contributed by atoms with van der Waals surface area (Å²) in [7, 11) is 0. The Hall–Kier alpha value is -1.36. The Balaban J connectivity index is 2.04. The molecule has 1 aliphatic heterocycles. The molecule has 0 radical (unpaired) electrons. The predicted octanol–water partition coefficient (Wildman–Crippen LogP) is 1.52. The molecule has 1 N–H and O–H groups in total. The van der Waals surface area contributed by atoms with Gasteiger partial charge in [0.2, 0.25) is 0 Å². The van der Waals surface area contributed by atoms with Crippen LogP contribution in [0.15, 0.2) is 4.52 Å². The fraction of sp³-hybridized carbons (Fsp3) is 0.692. The lowest BCUT2D eigenvalue weighted by molar-refractivity contribution is 0.0519. The number of rotatable bonds is 2. The second-order valence-electron chi connectivity index (χ2n) is 5.07. The molecule has 5 nitrogen and oxygen atoms in total. The van der Waals surface area contributed by atoms with Crippen molar-refractivity contribution in [2.75, 3.05) is 13.1 Å². The number of piperidine rings is 1. The summed E-state index contributed by atoms with van der Waals surface area (Å²) >= 11 is 0. The summed E-state index contributed by atoms with van der Waals surface area (Å²) in [6.07, 6.45) is 1.42. The average molecular weight is 252 g/mol. The minimum atomic E-state index is -0.290. The van der Waals surface area contributed by atoms with Crippen LogP contribution in [0.2, 0.25) is 0 Å². The first-order valence-electron chi connectivity index (χ1n) is 6.41. The molecular formula is C13H20N2O3. The van der Waals surface area contributed by atoms with Crippen molar-refractivity contribution in [3.63, 3.8) is 0 Å². The number of aromatic nitrogens is 1. The molecular weight excluding hydrogens is 232 g/mol. The van der Waals surface area contributed by atoms with E-state index in [2.05, 4.69) is 5.16 Å². The van der Waals surface area contributed by atoms with Crippen LogP contribution in [0.1, 0.15) is 41.6 Å². The Labute approximate surface area is 107 Å². The highest BCUT2D eigenvalue weighted by Crippen LogP contribution is 2.23. The van der Waals surface area contributed by atoms with E-state index in [0.29, 0.717) is 36.0 Å². The zero-order valence-corrected chi connectivity index (χ0v) is 11.1. The molecule has 0 aliphatic carbocycles. The number of likely N-dealkylation sites (tertiary alicyclic amines) is 1. The Bertz CT molecular complexity index is 412. The molecule has 1 amide bonds. The largest absolute Gasteiger partial charge is 0.393 e. The third-order valence-corrected chi connectivity index (χ3v) is 3.76. The van der Waals surface area contributed by atoms with Gasteiger partial charge >= 0.3 is 0 Å². The molecule has 1 aromatic heterocycles. The highest BCUT2D eigenvalue weighted by Gasteiger charge is 2.28. The predicted molar refractivity (Wildman–Crippen MR) is 66.3 cm³/mol. The number of aryl methyl sites for hydroxylation is 2. The highest BCUT2D eigenvalue weighted by molar-refractivity contribution is 5.96. The Morgan fingerprint density at radius 2 is 2.06 bits per heavy atom. The van der Waals surface area contributed by atoms with Crippen LogP contribution in [-0.2, 0) is 0 Å².